The van der Waals surface area contributed by atoms with Gasteiger partial charge in [-0.05, 0) is 37.8 Å². The van der Waals surface area contributed by atoms with E-state index < -0.39 is 12.1 Å². The molecule has 0 spiro atoms. The van der Waals surface area contributed by atoms with Gasteiger partial charge in [0.25, 0.3) is 12.3 Å². The highest BCUT2D eigenvalue weighted by Gasteiger charge is 2.37. The quantitative estimate of drug-likeness (QED) is 0.590. The number of alkyl halides is 2. The number of rotatable bonds is 7. The number of carbonyl (C=O) groups is 2. The van der Waals surface area contributed by atoms with Crippen LogP contribution in [0.15, 0.2) is 30.6 Å². The number of ether oxygens (including phenoxy) is 1. The number of halogens is 4. The molecule has 1 N–H and O–H groups in total. The summed E-state index contributed by atoms with van der Waals surface area (Å²) in [6.07, 6.45) is 2.45. The van der Waals surface area contributed by atoms with Crippen molar-refractivity contribution >= 4 is 41.0 Å². The lowest BCUT2D eigenvalue weighted by Gasteiger charge is -2.34. The lowest BCUT2D eigenvalue weighted by Crippen LogP contribution is -2.46. The summed E-state index contributed by atoms with van der Waals surface area (Å²) in [6.45, 7) is 0.809. The van der Waals surface area contributed by atoms with Gasteiger partial charge in [0.1, 0.15) is 11.4 Å². The normalized spacial score (nSPS) is 20.7. The van der Waals surface area contributed by atoms with E-state index in [4.69, 9.17) is 27.9 Å². The van der Waals surface area contributed by atoms with Gasteiger partial charge in [0.15, 0.2) is 12.4 Å². The van der Waals surface area contributed by atoms with Crippen LogP contribution in [0.3, 0.4) is 0 Å². The number of carbonyl (C=O) groups excluding carboxylic acids is 2. The van der Waals surface area contributed by atoms with Crippen LogP contribution in [0, 0.1) is 0 Å². The molecule has 0 atom stereocenters. The van der Waals surface area contributed by atoms with Gasteiger partial charge in [-0.2, -0.15) is 0 Å². The average molecular weight is 514 g/mol. The van der Waals surface area contributed by atoms with E-state index in [2.05, 4.69) is 15.3 Å². The Kier molecular flexibility index (Phi) is 7.67. The van der Waals surface area contributed by atoms with E-state index >= 15 is 0 Å². The summed E-state index contributed by atoms with van der Waals surface area (Å²) in [5.41, 5.74) is -0.421. The average Bonchev–Trinajstić information content (AvgIpc) is 3.21. The zero-order valence-corrected chi connectivity index (χ0v) is 19.6. The van der Waals surface area contributed by atoms with E-state index in [1.165, 1.54) is 11.1 Å². The first kappa shape index (κ1) is 24.4. The van der Waals surface area contributed by atoms with Crippen LogP contribution in [0.1, 0.15) is 37.8 Å². The summed E-state index contributed by atoms with van der Waals surface area (Å²) in [6, 6.07) is 4.64. The number of hydrogen-bond acceptors (Lipinski definition) is 5. The molecule has 2 aromatic rings. The fourth-order valence-electron chi connectivity index (χ4n) is 4.21. The Morgan fingerprint density at radius 1 is 1.12 bits per heavy atom. The molecule has 1 aromatic heterocycles. The first-order valence-corrected chi connectivity index (χ1v) is 11.6. The van der Waals surface area contributed by atoms with Crippen molar-refractivity contribution in [3.8, 4) is 5.75 Å². The molecule has 182 valence electrons. The second kappa shape index (κ2) is 10.7. The Labute approximate surface area is 205 Å². The number of urea groups is 1. The Bertz CT molecular complexity index is 1040. The number of nitrogens with zero attached hydrogens (tertiary/aromatic N) is 4. The Hall–Kier alpha value is -2.72. The number of amides is 3. The third-order valence-corrected chi connectivity index (χ3v) is 6.70. The Balaban J connectivity index is 1.23. The maximum absolute atomic E-state index is 12.9. The summed E-state index contributed by atoms with van der Waals surface area (Å²) < 4.78 is 30.8. The molecular formula is C22H23Cl2F2N5O3. The molecule has 34 heavy (non-hydrogen) atoms. The number of nitrogens with one attached hydrogen (secondary N) is 1. The minimum atomic E-state index is -2.70. The van der Waals surface area contributed by atoms with E-state index in [0.29, 0.717) is 28.9 Å². The van der Waals surface area contributed by atoms with Gasteiger partial charge in [0, 0.05) is 31.2 Å². The molecule has 12 heteroatoms. The molecule has 4 rings (SSSR count). The maximum atomic E-state index is 12.9. The SMILES string of the molecule is O=C(COc1ccc(Cl)c(Cl)c1)N[C@H]1CC[C@H](N2CCN(c3cnc(C(F)F)cn3)C2=O)CC1. The molecule has 2 fully saturated rings. The van der Waals surface area contributed by atoms with Gasteiger partial charge in [-0.25, -0.2) is 23.5 Å². The smallest absolute Gasteiger partial charge is 0.326 e. The summed E-state index contributed by atoms with van der Waals surface area (Å²) >= 11 is 11.8. The highest BCUT2D eigenvalue weighted by molar-refractivity contribution is 6.42. The van der Waals surface area contributed by atoms with Crippen molar-refractivity contribution in [2.45, 2.75) is 44.2 Å². The largest absolute Gasteiger partial charge is 0.484 e. The highest BCUT2D eigenvalue weighted by atomic mass is 35.5. The second-order valence-electron chi connectivity index (χ2n) is 8.17. The summed E-state index contributed by atoms with van der Waals surface area (Å²) in [5, 5.41) is 3.73. The first-order valence-electron chi connectivity index (χ1n) is 10.9. The van der Waals surface area contributed by atoms with Crippen LogP contribution in [0.25, 0.3) is 0 Å². The topological polar surface area (TPSA) is 87.7 Å². The molecule has 1 saturated heterocycles. The van der Waals surface area contributed by atoms with Gasteiger partial charge >= 0.3 is 6.03 Å². The third kappa shape index (κ3) is 5.67. The summed E-state index contributed by atoms with van der Waals surface area (Å²) in [5.74, 6) is 0.488. The summed E-state index contributed by atoms with van der Waals surface area (Å²) in [4.78, 5) is 36.0. The minimum absolute atomic E-state index is 0.00252. The minimum Gasteiger partial charge on any atom is -0.484 e. The number of anilines is 1. The van der Waals surface area contributed by atoms with E-state index in [1.807, 2.05) is 0 Å². The van der Waals surface area contributed by atoms with Crippen molar-refractivity contribution in [3.05, 3.63) is 46.3 Å². The van der Waals surface area contributed by atoms with Crippen LogP contribution < -0.4 is 15.0 Å². The lowest BCUT2D eigenvalue weighted by atomic mass is 9.90. The molecule has 1 aliphatic heterocycles. The fourth-order valence-corrected chi connectivity index (χ4v) is 4.49. The van der Waals surface area contributed by atoms with Crippen molar-refractivity contribution in [1.29, 1.82) is 0 Å². The summed E-state index contributed by atoms with van der Waals surface area (Å²) in [7, 11) is 0. The van der Waals surface area contributed by atoms with Crippen LogP contribution >= 0.6 is 23.2 Å². The Morgan fingerprint density at radius 3 is 2.53 bits per heavy atom. The van der Waals surface area contributed by atoms with Crippen molar-refractivity contribution in [1.82, 2.24) is 20.2 Å². The zero-order chi connectivity index (χ0) is 24.2. The molecule has 1 saturated carbocycles. The van der Waals surface area contributed by atoms with Gasteiger partial charge in [0.05, 0.1) is 22.4 Å². The molecule has 0 bridgehead atoms. The molecule has 1 aromatic carbocycles. The number of hydrogen-bond donors (Lipinski definition) is 1. The highest BCUT2D eigenvalue weighted by Crippen LogP contribution is 2.29. The van der Waals surface area contributed by atoms with Crippen LogP contribution in [-0.2, 0) is 4.79 Å². The zero-order valence-electron chi connectivity index (χ0n) is 18.1. The van der Waals surface area contributed by atoms with E-state index in [1.54, 1.807) is 23.1 Å². The van der Waals surface area contributed by atoms with Crippen LogP contribution in [0.4, 0.5) is 19.4 Å². The fraction of sp³-hybridized carbons (Fsp3) is 0.455. The Morgan fingerprint density at radius 2 is 1.88 bits per heavy atom. The third-order valence-electron chi connectivity index (χ3n) is 5.96. The molecular weight excluding hydrogens is 491 g/mol. The molecule has 0 radical (unpaired) electrons. The van der Waals surface area contributed by atoms with E-state index in [9.17, 15) is 18.4 Å². The van der Waals surface area contributed by atoms with Crippen molar-refractivity contribution in [3.63, 3.8) is 0 Å². The predicted octanol–water partition coefficient (Wildman–Crippen LogP) is 4.47. The molecule has 3 amide bonds. The second-order valence-corrected chi connectivity index (χ2v) is 8.98. The van der Waals surface area contributed by atoms with Crippen LogP contribution in [-0.4, -0.2) is 58.6 Å². The molecule has 1 aliphatic carbocycles. The first-order chi connectivity index (χ1) is 16.3. The number of aromatic nitrogens is 2. The molecule has 2 heterocycles. The molecule has 2 aliphatic rings. The molecule has 8 nitrogen and oxygen atoms in total. The van der Waals surface area contributed by atoms with Crippen LogP contribution in [0.2, 0.25) is 10.0 Å². The van der Waals surface area contributed by atoms with E-state index in [-0.39, 0.29) is 36.4 Å². The monoisotopic (exact) mass is 513 g/mol. The van der Waals surface area contributed by atoms with Crippen LogP contribution in [0.5, 0.6) is 5.75 Å². The van der Waals surface area contributed by atoms with Crippen molar-refractivity contribution < 1.29 is 23.1 Å². The predicted molar refractivity (Wildman–Crippen MR) is 123 cm³/mol. The number of benzene rings is 1. The van der Waals surface area contributed by atoms with Gasteiger partial charge in [-0.1, -0.05) is 23.2 Å². The standard InChI is InChI=1S/C22H23Cl2F2N5O3/c23-16-6-5-15(9-17(16)24)34-12-20(32)29-13-1-3-14(4-2-13)30-7-8-31(22(30)33)19-11-27-18(10-28-19)21(25)26/h5-6,9-11,13-14,21H,1-4,7-8,12H2,(H,29,32)/t13-,14-. The van der Waals surface area contributed by atoms with E-state index in [0.717, 1.165) is 31.9 Å². The van der Waals surface area contributed by atoms with Crippen molar-refractivity contribution in [2.24, 2.45) is 0 Å². The van der Waals surface area contributed by atoms with Crippen molar-refractivity contribution in [2.75, 3.05) is 24.6 Å². The van der Waals surface area contributed by atoms with Gasteiger partial charge in [-0.15, -0.1) is 0 Å². The molecule has 0 unspecified atom stereocenters. The lowest BCUT2D eigenvalue weighted by molar-refractivity contribution is -0.124. The van der Waals surface area contributed by atoms with Gasteiger partial charge in [0.2, 0.25) is 0 Å². The van der Waals surface area contributed by atoms with Gasteiger partial charge in [-0.3, -0.25) is 9.69 Å². The maximum Gasteiger partial charge on any atom is 0.326 e. The van der Waals surface area contributed by atoms with Gasteiger partial charge < -0.3 is 15.0 Å².